The summed E-state index contributed by atoms with van der Waals surface area (Å²) in [6.07, 6.45) is 6.26. The van der Waals surface area contributed by atoms with Crippen molar-refractivity contribution in [3.8, 4) is 0 Å². The van der Waals surface area contributed by atoms with Crippen LogP contribution in [0.3, 0.4) is 0 Å². The van der Waals surface area contributed by atoms with Gasteiger partial charge in [-0.3, -0.25) is 4.79 Å². The minimum atomic E-state index is -0.00562. The second kappa shape index (κ2) is 9.10. The number of aromatic nitrogens is 3. The third-order valence-corrected chi connectivity index (χ3v) is 6.49. The predicted octanol–water partition coefficient (Wildman–Crippen LogP) is 4.04. The van der Waals surface area contributed by atoms with E-state index in [1.165, 1.54) is 32.1 Å². The summed E-state index contributed by atoms with van der Waals surface area (Å²) >= 11 is 0. The van der Waals surface area contributed by atoms with Gasteiger partial charge in [-0.1, -0.05) is 43.5 Å². The molecule has 1 saturated carbocycles. The number of para-hydroxylation sites is 1. The van der Waals surface area contributed by atoms with Crippen molar-refractivity contribution < 1.29 is 4.79 Å². The first-order valence-electron chi connectivity index (χ1n) is 11.7. The van der Waals surface area contributed by atoms with E-state index < -0.39 is 0 Å². The Morgan fingerprint density at radius 1 is 0.938 bits per heavy atom. The first-order valence-corrected chi connectivity index (χ1v) is 11.7. The van der Waals surface area contributed by atoms with Gasteiger partial charge >= 0.3 is 0 Å². The molecule has 3 aromatic rings. The highest BCUT2D eigenvalue weighted by Crippen LogP contribution is 2.23. The van der Waals surface area contributed by atoms with Crippen molar-refractivity contribution in [1.29, 1.82) is 0 Å². The quantitative estimate of drug-likeness (QED) is 0.673. The number of benzene rings is 1. The maximum atomic E-state index is 13.0. The van der Waals surface area contributed by atoms with E-state index in [-0.39, 0.29) is 5.91 Å². The number of amides is 1. The van der Waals surface area contributed by atoms with Crippen LogP contribution >= 0.6 is 0 Å². The molecule has 1 amide bonds. The molecule has 0 atom stereocenters. The summed E-state index contributed by atoms with van der Waals surface area (Å²) in [4.78, 5) is 31.1. The molecule has 1 saturated heterocycles. The van der Waals surface area contributed by atoms with Crippen LogP contribution in [0.4, 0.5) is 11.8 Å². The van der Waals surface area contributed by atoms with Crippen molar-refractivity contribution in [1.82, 2.24) is 19.9 Å². The van der Waals surface area contributed by atoms with Crippen molar-refractivity contribution in [2.45, 2.75) is 45.1 Å². The second-order valence-corrected chi connectivity index (χ2v) is 8.84. The number of aryl methyl sites for hydroxylation is 1. The molecule has 0 unspecified atom stereocenters. The van der Waals surface area contributed by atoms with Crippen LogP contribution in [-0.2, 0) is 0 Å². The van der Waals surface area contributed by atoms with Gasteiger partial charge in [0.15, 0.2) is 0 Å². The number of piperazine rings is 1. The number of carbonyl (C=O) groups excluding carboxylic acids is 1. The number of hydrogen-bond donors (Lipinski definition) is 1. The molecule has 0 spiro atoms. The van der Waals surface area contributed by atoms with E-state index in [1.54, 1.807) is 0 Å². The van der Waals surface area contributed by atoms with Gasteiger partial charge in [-0.25, -0.2) is 9.97 Å². The highest BCUT2D eigenvalue weighted by atomic mass is 16.2. The fourth-order valence-electron chi connectivity index (χ4n) is 4.69. The van der Waals surface area contributed by atoms with Crippen molar-refractivity contribution in [2.75, 3.05) is 36.4 Å². The Balaban J connectivity index is 1.24. The van der Waals surface area contributed by atoms with Crippen LogP contribution in [0.1, 0.15) is 48.3 Å². The molecule has 32 heavy (non-hydrogen) atoms. The van der Waals surface area contributed by atoms with Gasteiger partial charge in [0.05, 0.1) is 5.52 Å². The van der Waals surface area contributed by atoms with E-state index in [0.29, 0.717) is 24.8 Å². The Kier molecular flexibility index (Phi) is 5.88. The molecular formula is C25H30N6O. The predicted molar refractivity (Wildman–Crippen MR) is 127 cm³/mol. The summed E-state index contributed by atoms with van der Waals surface area (Å²) in [7, 11) is 0. The smallest absolute Gasteiger partial charge is 0.272 e. The van der Waals surface area contributed by atoms with Crippen molar-refractivity contribution >= 4 is 28.6 Å². The normalized spacial score (nSPS) is 17.5. The van der Waals surface area contributed by atoms with E-state index in [0.717, 1.165) is 41.5 Å². The maximum absolute atomic E-state index is 13.0. The molecule has 0 bridgehead atoms. The summed E-state index contributed by atoms with van der Waals surface area (Å²) in [6.45, 7) is 4.82. The zero-order valence-corrected chi connectivity index (χ0v) is 18.6. The number of carbonyl (C=O) groups is 1. The SMILES string of the molecule is Cc1cc(N2CCN(C(=O)c3ccc4ccccc4n3)CC2)nc(NC2CCCCC2)n1. The lowest BCUT2D eigenvalue weighted by molar-refractivity contribution is 0.0741. The van der Waals surface area contributed by atoms with Crippen LogP contribution in [0.5, 0.6) is 0 Å². The molecule has 166 valence electrons. The monoisotopic (exact) mass is 430 g/mol. The third kappa shape index (κ3) is 4.52. The molecule has 1 aliphatic carbocycles. The van der Waals surface area contributed by atoms with Gasteiger partial charge in [0.25, 0.3) is 5.91 Å². The van der Waals surface area contributed by atoms with Gasteiger partial charge in [-0.05, 0) is 31.9 Å². The third-order valence-electron chi connectivity index (χ3n) is 6.49. The molecule has 7 heteroatoms. The molecule has 7 nitrogen and oxygen atoms in total. The summed E-state index contributed by atoms with van der Waals surface area (Å²) in [5.41, 5.74) is 2.33. The summed E-state index contributed by atoms with van der Waals surface area (Å²) in [6, 6.07) is 14.2. The van der Waals surface area contributed by atoms with E-state index in [9.17, 15) is 4.79 Å². The average molecular weight is 431 g/mol. The molecule has 2 aliphatic rings. The Hall–Kier alpha value is -3.22. The molecule has 2 fully saturated rings. The summed E-state index contributed by atoms with van der Waals surface area (Å²) < 4.78 is 0. The molecule has 2 aromatic heterocycles. The summed E-state index contributed by atoms with van der Waals surface area (Å²) in [5, 5.41) is 4.59. The largest absolute Gasteiger partial charge is 0.353 e. The second-order valence-electron chi connectivity index (χ2n) is 8.84. The van der Waals surface area contributed by atoms with Crippen molar-refractivity contribution in [3.63, 3.8) is 0 Å². The Bertz CT molecular complexity index is 1100. The summed E-state index contributed by atoms with van der Waals surface area (Å²) in [5.74, 6) is 1.66. The van der Waals surface area contributed by atoms with Gasteiger partial charge in [0.2, 0.25) is 5.95 Å². The van der Waals surface area contributed by atoms with E-state index in [1.807, 2.05) is 54.3 Å². The van der Waals surface area contributed by atoms with E-state index in [4.69, 9.17) is 4.98 Å². The zero-order chi connectivity index (χ0) is 21.9. The number of nitrogens with one attached hydrogen (secondary N) is 1. The lowest BCUT2D eigenvalue weighted by atomic mass is 9.96. The maximum Gasteiger partial charge on any atom is 0.272 e. The zero-order valence-electron chi connectivity index (χ0n) is 18.6. The average Bonchev–Trinajstić information content (AvgIpc) is 2.84. The molecule has 0 radical (unpaired) electrons. The fourth-order valence-corrected chi connectivity index (χ4v) is 4.69. The van der Waals surface area contributed by atoms with Gasteiger partial charge in [0, 0.05) is 49.4 Å². The van der Waals surface area contributed by atoms with Crippen LogP contribution in [0, 0.1) is 6.92 Å². The van der Waals surface area contributed by atoms with Gasteiger partial charge in [-0.2, -0.15) is 4.98 Å². The van der Waals surface area contributed by atoms with Gasteiger partial charge < -0.3 is 15.1 Å². The van der Waals surface area contributed by atoms with Crippen LogP contribution in [0.25, 0.3) is 10.9 Å². The highest BCUT2D eigenvalue weighted by molar-refractivity contribution is 5.95. The number of pyridine rings is 1. The Labute approximate surface area is 188 Å². The highest BCUT2D eigenvalue weighted by Gasteiger charge is 2.24. The van der Waals surface area contributed by atoms with E-state index in [2.05, 4.69) is 20.2 Å². The number of nitrogens with zero attached hydrogens (tertiary/aromatic N) is 5. The lowest BCUT2D eigenvalue weighted by Crippen LogP contribution is -2.49. The van der Waals surface area contributed by atoms with Crippen LogP contribution in [0.2, 0.25) is 0 Å². The number of rotatable bonds is 4. The molecule has 5 rings (SSSR count). The molecule has 1 N–H and O–H groups in total. The molecule has 1 aliphatic heterocycles. The Morgan fingerprint density at radius 2 is 1.72 bits per heavy atom. The first kappa shape index (κ1) is 20.7. The van der Waals surface area contributed by atoms with Crippen LogP contribution < -0.4 is 10.2 Å². The van der Waals surface area contributed by atoms with E-state index >= 15 is 0 Å². The Morgan fingerprint density at radius 3 is 2.53 bits per heavy atom. The van der Waals surface area contributed by atoms with Gasteiger partial charge in [-0.15, -0.1) is 0 Å². The topological polar surface area (TPSA) is 74.2 Å². The van der Waals surface area contributed by atoms with Gasteiger partial charge in [0.1, 0.15) is 11.5 Å². The fraction of sp³-hybridized carbons (Fsp3) is 0.440. The molecular weight excluding hydrogens is 400 g/mol. The van der Waals surface area contributed by atoms with Crippen LogP contribution in [-0.4, -0.2) is 58.0 Å². The number of anilines is 2. The minimum Gasteiger partial charge on any atom is -0.353 e. The minimum absolute atomic E-state index is 0.00562. The lowest BCUT2D eigenvalue weighted by Gasteiger charge is -2.35. The molecule has 3 heterocycles. The standard InChI is InChI=1S/C25H30N6O/c1-18-17-23(29-25(26-18)27-20-8-3-2-4-9-20)30-13-15-31(16-14-30)24(32)22-12-11-19-7-5-6-10-21(19)28-22/h5-7,10-12,17,20H,2-4,8-9,13-16H2,1H3,(H,26,27,29). The number of hydrogen-bond acceptors (Lipinski definition) is 6. The van der Waals surface area contributed by atoms with Crippen molar-refractivity contribution in [2.24, 2.45) is 0 Å². The van der Waals surface area contributed by atoms with Crippen LogP contribution in [0.15, 0.2) is 42.5 Å². The first-order chi connectivity index (χ1) is 15.7. The molecule has 1 aromatic carbocycles. The number of fused-ring (bicyclic) bond motifs is 1. The van der Waals surface area contributed by atoms with Crippen molar-refractivity contribution in [3.05, 3.63) is 53.9 Å².